The highest BCUT2D eigenvalue weighted by atomic mass is 35.5. The quantitative estimate of drug-likeness (QED) is 0.523. The van der Waals surface area contributed by atoms with E-state index in [1.807, 2.05) is 12.1 Å². The topological polar surface area (TPSA) is 79.5 Å². The summed E-state index contributed by atoms with van der Waals surface area (Å²) in [7, 11) is 0. The minimum Gasteiger partial charge on any atom is -0.484 e. The number of hydrazine groups is 1. The zero-order valence-corrected chi connectivity index (χ0v) is 17.4. The molecular weight excluding hydrogens is 398 g/mol. The van der Waals surface area contributed by atoms with Gasteiger partial charge in [-0.15, -0.1) is 0 Å². The number of carbonyl (C=O) groups is 2. The van der Waals surface area contributed by atoms with E-state index >= 15 is 0 Å². The monoisotopic (exact) mass is 419 g/mol. The Morgan fingerprint density at radius 2 is 1.61 bits per heavy atom. The molecule has 6 nitrogen and oxygen atoms in total. The molecule has 0 bridgehead atoms. The molecule has 0 radical (unpaired) electrons. The predicted molar refractivity (Wildman–Crippen MR) is 113 cm³/mol. The van der Waals surface area contributed by atoms with Gasteiger partial charge in [-0.2, -0.15) is 0 Å². The van der Waals surface area contributed by atoms with Crippen molar-refractivity contribution in [3.63, 3.8) is 0 Å². The Hall–Kier alpha value is -2.64. The van der Waals surface area contributed by atoms with E-state index in [1.165, 1.54) is 0 Å². The summed E-state index contributed by atoms with van der Waals surface area (Å²) in [4.78, 5) is 24.0. The average molecular weight is 420 g/mol. The second-order valence-electron chi connectivity index (χ2n) is 7.03. The van der Waals surface area contributed by atoms with Crippen LogP contribution >= 0.6 is 23.8 Å². The van der Waals surface area contributed by atoms with Crippen LogP contribution in [0, 0.1) is 0 Å². The second kappa shape index (κ2) is 9.52. The summed E-state index contributed by atoms with van der Waals surface area (Å²) in [5, 5.41) is 3.05. The minimum absolute atomic E-state index is 0.00419. The van der Waals surface area contributed by atoms with Crippen LogP contribution in [0.1, 0.15) is 36.7 Å². The molecule has 0 atom stereocenters. The zero-order valence-electron chi connectivity index (χ0n) is 15.8. The van der Waals surface area contributed by atoms with Crippen LogP contribution in [0.3, 0.4) is 0 Å². The first-order chi connectivity index (χ1) is 13.1. The molecule has 0 aliphatic heterocycles. The first kappa shape index (κ1) is 21.7. The van der Waals surface area contributed by atoms with Gasteiger partial charge in [0, 0.05) is 10.6 Å². The molecule has 2 amide bonds. The van der Waals surface area contributed by atoms with Gasteiger partial charge in [-0.1, -0.05) is 44.5 Å². The molecular formula is C20H22ClN3O3S. The van der Waals surface area contributed by atoms with Crippen LogP contribution in [-0.2, 0) is 10.2 Å². The van der Waals surface area contributed by atoms with Crippen molar-refractivity contribution in [3.8, 4) is 5.75 Å². The van der Waals surface area contributed by atoms with Crippen LogP contribution in [0.2, 0.25) is 5.02 Å². The fraction of sp³-hybridized carbons (Fsp3) is 0.250. The van der Waals surface area contributed by atoms with Gasteiger partial charge in [-0.25, -0.2) is 0 Å². The molecule has 28 heavy (non-hydrogen) atoms. The van der Waals surface area contributed by atoms with E-state index < -0.39 is 5.91 Å². The number of hydrogen-bond acceptors (Lipinski definition) is 4. The standard InChI is InChI=1S/C20H22ClN3O3S/c1-20(2,3)14-6-4-13(5-7-14)18(26)22-19(28)24-23-17(25)12-27-16-10-8-15(21)9-11-16/h4-11H,12H2,1-3H3,(H,23,25)(H2,22,24,26,28). The van der Waals surface area contributed by atoms with Gasteiger partial charge in [0.05, 0.1) is 0 Å². The zero-order chi connectivity index (χ0) is 20.7. The van der Waals surface area contributed by atoms with Gasteiger partial charge in [0.15, 0.2) is 11.7 Å². The smallest absolute Gasteiger partial charge is 0.276 e. The lowest BCUT2D eigenvalue weighted by atomic mass is 9.87. The third-order valence-corrected chi connectivity index (χ3v) is 4.20. The van der Waals surface area contributed by atoms with Crippen molar-refractivity contribution in [2.45, 2.75) is 26.2 Å². The summed E-state index contributed by atoms with van der Waals surface area (Å²) < 4.78 is 5.30. The lowest BCUT2D eigenvalue weighted by Gasteiger charge is -2.19. The van der Waals surface area contributed by atoms with Crippen LogP contribution < -0.4 is 20.9 Å². The number of rotatable bonds is 4. The van der Waals surface area contributed by atoms with E-state index in [4.69, 9.17) is 28.6 Å². The van der Waals surface area contributed by atoms with Crippen LogP contribution in [0.5, 0.6) is 5.75 Å². The Bertz CT molecular complexity index is 846. The third kappa shape index (κ3) is 6.83. The maximum Gasteiger partial charge on any atom is 0.276 e. The molecule has 0 saturated heterocycles. The van der Waals surface area contributed by atoms with E-state index in [0.717, 1.165) is 5.56 Å². The first-order valence-electron chi connectivity index (χ1n) is 8.54. The molecule has 3 N–H and O–H groups in total. The Balaban J connectivity index is 1.76. The second-order valence-corrected chi connectivity index (χ2v) is 7.87. The normalized spacial score (nSPS) is 10.7. The number of benzene rings is 2. The summed E-state index contributed by atoms with van der Waals surface area (Å²) in [5.41, 5.74) is 6.41. The van der Waals surface area contributed by atoms with Gasteiger partial charge in [-0.05, 0) is 59.6 Å². The largest absolute Gasteiger partial charge is 0.484 e. The fourth-order valence-corrected chi connectivity index (χ4v) is 2.44. The first-order valence-corrected chi connectivity index (χ1v) is 9.33. The summed E-state index contributed by atoms with van der Waals surface area (Å²) in [6, 6.07) is 13.9. The highest BCUT2D eigenvalue weighted by molar-refractivity contribution is 7.80. The van der Waals surface area contributed by atoms with Crippen molar-refractivity contribution in [1.29, 1.82) is 0 Å². The lowest BCUT2D eigenvalue weighted by molar-refractivity contribution is -0.123. The Morgan fingerprint density at radius 3 is 2.18 bits per heavy atom. The maximum atomic E-state index is 12.2. The van der Waals surface area contributed by atoms with E-state index in [-0.39, 0.29) is 23.0 Å². The molecule has 148 valence electrons. The van der Waals surface area contributed by atoms with E-state index in [1.54, 1.807) is 36.4 Å². The molecule has 0 heterocycles. The van der Waals surface area contributed by atoms with E-state index in [9.17, 15) is 9.59 Å². The third-order valence-electron chi connectivity index (χ3n) is 3.74. The summed E-state index contributed by atoms with van der Waals surface area (Å²) >= 11 is 10.8. The molecule has 2 aromatic carbocycles. The van der Waals surface area contributed by atoms with Crippen molar-refractivity contribution < 1.29 is 14.3 Å². The fourth-order valence-electron chi connectivity index (χ4n) is 2.17. The van der Waals surface area contributed by atoms with E-state index in [0.29, 0.717) is 16.3 Å². The number of thiocarbonyl (C=S) groups is 1. The Kier molecular flexibility index (Phi) is 7.37. The van der Waals surface area contributed by atoms with Crippen molar-refractivity contribution in [2.24, 2.45) is 0 Å². The van der Waals surface area contributed by atoms with Gasteiger partial charge in [-0.3, -0.25) is 25.8 Å². The molecule has 0 saturated carbocycles. The van der Waals surface area contributed by atoms with Gasteiger partial charge in [0.2, 0.25) is 0 Å². The van der Waals surface area contributed by atoms with Gasteiger partial charge < -0.3 is 4.74 Å². The Labute approximate surface area is 174 Å². The maximum absolute atomic E-state index is 12.2. The molecule has 0 aliphatic carbocycles. The van der Waals surface area contributed by atoms with Crippen molar-refractivity contribution in [1.82, 2.24) is 16.2 Å². The van der Waals surface area contributed by atoms with Gasteiger partial charge in [0.25, 0.3) is 11.8 Å². The number of halogens is 1. The highest BCUT2D eigenvalue weighted by Crippen LogP contribution is 2.22. The minimum atomic E-state index is -0.457. The van der Waals surface area contributed by atoms with Crippen molar-refractivity contribution in [2.75, 3.05) is 6.61 Å². The highest BCUT2D eigenvalue weighted by Gasteiger charge is 2.15. The molecule has 2 aromatic rings. The van der Waals surface area contributed by atoms with Crippen LogP contribution in [0.15, 0.2) is 48.5 Å². The van der Waals surface area contributed by atoms with E-state index in [2.05, 4.69) is 36.9 Å². The Morgan fingerprint density at radius 1 is 1.00 bits per heavy atom. The van der Waals surface area contributed by atoms with Crippen molar-refractivity contribution >= 4 is 40.7 Å². The molecule has 0 aliphatic rings. The predicted octanol–water partition coefficient (Wildman–Crippen LogP) is 3.35. The molecule has 0 fully saturated rings. The van der Waals surface area contributed by atoms with Crippen molar-refractivity contribution in [3.05, 3.63) is 64.7 Å². The average Bonchev–Trinajstić information content (AvgIpc) is 2.65. The number of carbonyl (C=O) groups excluding carboxylic acids is 2. The van der Waals surface area contributed by atoms with Gasteiger partial charge in [0.1, 0.15) is 5.75 Å². The molecule has 0 aromatic heterocycles. The SMILES string of the molecule is CC(C)(C)c1ccc(C(=O)NC(=S)NNC(=O)COc2ccc(Cl)cc2)cc1. The summed E-state index contributed by atoms with van der Waals surface area (Å²) in [5.74, 6) is -0.320. The number of hydrogen-bond donors (Lipinski definition) is 3. The van der Waals surface area contributed by atoms with Crippen LogP contribution in [0.4, 0.5) is 0 Å². The molecule has 0 unspecified atom stereocenters. The summed E-state index contributed by atoms with van der Waals surface area (Å²) in [6.07, 6.45) is 0. The molecule has 8 heteroatoms. The van der Waals surface area contributed by atoms with Crippen LogP contribution in [0.25, 0.3) is 0 Å². The van der Waals surface area contributed by atoms with Crippen LogP contribution in [-0.4, -0.2) is 23.5 Å². The lowest BCUT2D eigenvalue weighted by Crippen LogP contribution is -2.49. The number of amides is 2. The molecule has 2 rings (SSSR count). The summed E-state index contributed by atoms with van der Waals surface area (Å²) in [6.45, 7) is 6.07. The molecule has 0 spiro atoms. The van der Waals surface area contributed by atoms with Gasteiger partial charge >= 0.3 is 0 Å². The number of nitrogens with one attached hydrogen (secondary N) is 3. The number of ether oxygens (including phenoxy) is 1.